The second-order valence-corrected chi connectivity index (χ2v) is 5.04. The van der Waals surface area contributed by atoms with E-state index in [2.05, 4.69) is 9.97 Å². The molecule has 0 saturated carbocycles. The molecule has 0 aliphatic heterocycles. The molecule has 0 saturated heterocycles. The number of hydrogen-bond acceptors (Lipinski definition) is 3. The summed E-state index contributed by atoms with van der Waals surface area (Å²) in [6.45, 7) is 4.50. The van der Waals surface area contributed by atoms with Crippen LogP contribution in [0.3, 0.4) is 0 Å². The molecule has 0 bridgehead atoms. The maximum Gasteiger partial charge on any atom is 0.225 e. The van der Waals surface area contributed by atoms with Crippen molar-refractivity contribution in [2.24, 2.45) is 11.7 Å². The highest BCUT2D eigenvalue weighted by Gasteiger charge is 2.17. The van der Waals surface area contributed by atoms with Crippen LogP contribution in [0.5, 0.6) is 0 Å². The molecule has 0 radical (unpaired) electrons. The van der Waals surface area contributed by atoms with Gasteiger partial charge in [0.2, 0.25) is 5.91 Å². The number of imidazole rings is 1. The van der Waals surface area contributed by atoms with E-state index < -0.39 is 0 Å². The van der Waals surface area contributed by atoms with Gasteiger partial charge in [0.05, 0.1) is 6.54 Å². The highest BCUT2D eigenvalue weighted by atomic mass is 16.2. The number of nitrogens with zero attached hydrogens (tertiary/aromatic N) is 2. The Morgan fingerprint density at radius 1 is 1.50 bits per heavy atom. The first kappa shape index (κ1) is 14.7. The van der Waals surface area contributed by atoms with Crippen molar-refractivity contribution in [2.75, 3.05) is 7.05 Å². The molecule has 5 nitrogen and oxygen atoms in total. The number of nitrogens with two attached hydrogens (primary N) is 1. The predicted octanol–water partition coefficient (Wildman–Crippen LogP) is 1.52. The Hall–Kier alpha value is -1.36. The summed E-state index contributed by atoms with van der Waals surface area (Å²) >= 11 is 0. The van der Waals surface area contributed by atoms with E-state index in [0.29, 0.717) is 6.54 Å². The molecule has 0 fully saturated rings. The molecule has 1 aromatic rings. The van der Waals surface area contributed by atoms with Gasteiger partial charge in [0.1, 0.15) is 5.82 Å². The molecule has 1 heterocycles. The van der Waals surface area contributed by atoms with Gasteiger partial charge < -0.3 is 15.6 Å². The molecule has 0 aromatic carbocycles. The van der Waals surface area contributed by atoms with E-state index in [9.17, 15) is 4.79 Å². The Balaban J connectivity index is 2.33. The highest BCUT2D eigenvalue weighted by molar-refractivity contribution is 5.78. The predicted molar refractivity (Wildman–Crippen MR) is 71.7 cm³/mol. The summed E-state index contributed by atoms with van der Waals surface area (Å²) in [6, 6.07) is 0.216. The number of carbonyl (C=O) groups excluding carboxylic acids is 1. The van der Waals surface area contributed by atoms with Crippen molar-refractivity contribution in [3.05, 3.63) is 18.2 Å². The van der Waals surface area contributed by atoms with Crippen LogP contribution < -0.4 is 5.73 Å². The molecule has 18 heavy (non-hydrogen) atoms. The standard InChI is InChI=1S/C13H24N4O/c1-10(5-4-6-11(2)14)13(18)17(3)9-12-15-7-8-16-12/h7-8,10-11H,4-6,9,14H2,1-3H3,(H,15,16). The number of H-pyrrole nitrogens is 1. The Labute approximate surface area is 109 Å². The summed E-state index contributed by atoms with van der Waals surface area (Å²) in [6.07, 6.45) is 6.32. The minimum Gasteiger partial charge on any atom is -0.347 e. The fraction of sp³-hybridized carbons (Fsp3) is 0.692. The van der Waals surface area contributed by atoms with Gasteiger partial charge in [-0.1, -0.05) is 13.3 Å². The first-order valence-corrected chi connectivity index (χ1v) is 6.49. The molecule has 1 rings (SSSR count). The first-order chi connectivity index (χ1) is 8.50. The number of aromatic amines is 1. The van der Waals surface area contributed by atoms with Crippen LogP contribution in [0, 0.1) is 5.92 Å². The van der Waals surface area contributed by atoms with E-state index in [1.165, 1.54) is 0 Å². The van der Waals surface area contributed by atoms with Crippen molar-refractivity contribution in [1.29, 1.82) is 0 Å². The van der Waals surface area contributed by atoms with Crippen molar-refractivity contribution in [3.63, 3.8) is 0 Å². The van der Waals surface area contributed by atoms with Gasteiger partial charge in [0, 0.05) is 31.4 Å². The Morgan fingerprint density at radius 2 is 2.22 bits per heavy atom. The average molecular weight is 252 g/mol. The zero-order valence-electron chi connectivity index (χ0n) is 11.5. The van der Waals surface area contributed by atoms with E-state index in [-0.39, 0.29) is 17.9 Å². The second kappa shape index (κ2) is 7.16. The molecule has 2 unspecified atom stereocenters. The van der Waals surface area contributed by atoms with Gasteiger partial charge in [0.25, 0.3) is 0 Å². The van der Waals surface area contributed by atoms with Crippen molar-refractivity contribution in [2.45, 2.75) is 45.7 Å². The zero-order valence-corrected chi connectivity index (χ0v) is 11.5. The van der Waals surface area contributed by atoms with E-state index in [1.54, 1.807) is 17.3 Å². The summed E-state index contributed by atoms with van der Waals surface area (Å²) in [7, 11) is 1.81. The fourth-order valence-corrected chi connectivity index (χ4v) is 1.93. The van der Waals surface area contributed by atoms with Gasteiger partial charge >= 0.3 is 0 Å². The van der Waals surface area contributed by atoms with E-state index in [4.69, 9.17) is 5.73 Å². The lowest BCUT2D eigenvalue weighted by Crippen LogP contribution is -2.31. The molecule has 1 amide bonds. The van der Waals surface area contributed by atoms with Gasteiger partial charge in [-0.25, -0.2) is 4.98 Å². The van der Waals surface area contributed by atoms with Gasteiger partial charge in [-0.2, -0.15) is 0 Å². The monoisotopic (exact) mass is 252 g/mol. The molecule has 0 aliphatic carbocycles. The van der Waals surface area contributed by atoms with E-state index in [1.807, 2.05) is 20.9 Å². The van der Waals surface area contributed by atoms with Gasteiger partial charge in [-0.15, -0.1) is 0 Å². The zero-order chi connectivity index (χ0) is 13.5. The molecule has 0 aliphatic rings. The molecule has 102 valence electrons. The maximum absolute atomic E-state index is 12.1. The largest absolute Gasteiger partial charge is 0.347 e. The number of aromatic nitrogens is 2. The van der Waals surface area contributed by atoms with Crippen molar-refractivity contribution >= 4 is 5.91 Å². The van der Waals surface area contributed by atoms with Crippen LogP contribution in [0.25, 0.3) is 0 Å². The average Bonchev–Trinajstić information content (AvgIpc) is 2.80. The van der Waals surface area contributed by atoms with E-state index in [0.717, 1.165) is 25.1 Å². The van der Waals surface area contributed by atoms with Crippen LogP contribution in [0.4, 0.5) is 0 Å². The molecular formula is C13H24N4O. The molecular weight excluding hydrogens is 228 g/mol. The van der Waals surface area contributed by atoms with Crippen LogP contribution in [0.15, 0.2) is 12.4 Å². The van der Waals surface area contributed by atoms with Crippen LogP contribution in [0.1, 0.15) is 38.9 Å². The normalized spacial score (nSPS) is 14.2. The minimum atomic E-state index is 0.0451. The summed E-state index contributed by atoms with van der Waals surface area (Å²) in [5.74, 6) is 1.02. The quantitative estimate of drug-likeness (QED) is 0.772. The summed E-state index contributed by atoms with van der Waals surface area (Å²) in [5.41, 5.74) is 5.70. The van der Waals surface area contributed by atoms with Crippen LogP contribution in [-0.2, 0) is 11.3 Å². The summed E-state index contributed by atoms with van der Waals surface area (Å²) in [4.78, 5) is 20.9. The smallest absolute Gasteiger partial charge is 0.225 e. The number of rotatable bonds is 7. The third-order valence-electron chi connectivity index (χ3n) is 3.04. The van der Waals surface area contributed by atoms with Crippen molar-refractivity contribution in [1.82, 2.24) is 14.9 Å². The Kier molecular flexibility index (Phi) is 5.85. The molecule has 3 N–H and O–H groups in total. The maximum atomic E-state index is 12.1. The number of nitrogens with one attached hydrogen (secondary N) is 1. The summed E-state index contributed by atoms with van der Waals surface area (Å²) < 4.78 is 0. The molecule has 1 aromatic heterocycles. The topological polar surface area (TPSA) is 75.0 Å². The van der Waals surface area contributed by atoms with Crippen LogP contribution in [-0.4, -0.2) is 33.9 Å². The summed E-state index contributed by atoms with van der Waals surface area (Å²) in [5, 5.41) is 0. The second-order valence-electron chi connectivity index (χ2n) is 5.04. The number of amides is 1. The van der Waals surface area contributed by atoms with E-state index >= 15 is 0 Å². The van der Waals surface area contributed by atoms with Crippen molar-refractivity contribution in [3.8, 4) is 0 Å². The highest BCUT2D eigenvalue weighted by Crippen LogP contribution is 2.12. The SMILES string of the molecule is CC(N)CCCC(C)C(=O)N(C)Cc1ncc[nH]1. The molecule has 0 spiro atoms. The number of carbonyl (C=O) groups is 1. The fourth-order valence-electron chi connectivity index (χ4n) is 1.93. The van der Waals surface area contributed by atoms with Gasteiger partial charge in [0.15, 0.2) is 0 Å². The number of hydrogen-bond donors (Lipinski definition) is 2. The molecule has 2 atom stereocenters. The lowest BCUT2D eigenvalue weighted by atomic mass is 10.0. The Bertz CT molecular complexity index is 348. The third kappa shape index (κ3) is 4.87. The first-order valence-electron chi connectivity index (χ1n) is 6.49. The lowest BCUT2D eigenvalue weighted by molar-refractivity contribution is -0.134. The van der Waals surface area contributed by atoms with Crippen LogP contribution in [0.2, 0.25) is 0 Å². The van der Waals surface area contributed by atoms with Crippen LogP contribution >= 0.6 is 0 Å². The van der Waals surface area contributed by atoms with Gasteiger partial charge in [-0.05, 0) is 19.8 Å². The minimum absolute atomic E-state index is 0.0451. The molecule has 5 heteroatoms. The Morgan fingerprint density at radius 3 is 2.78 bits per heavy atom. The lowest BCUT2D eigenvalue weighted by Gasteiger charge is -2.20. The van der Waals surface area contributed by atoms with Gasteiger partial charge in [-0.3, -0.25) is 4.79 Å². The third-order valence-corrected chi connectivity index (χ3v) is 3.04. The van der Waals surface area contributed by atoms with Crippen molar-refractivity contribution < 1.29 is 4.79 Å².